The number of carbonyl (C=O) groups excluding carboxylic acids is 1. The Morgan fingerprint density at radius 3 is 2.62 bits per heavy atom. The molecule has 4 N–H and O–H groups in total. The number of likely N-dealkylation sites (tertiary alicyclic amines) is 1. The van der Waals surface area contributed by atoms with E-state index in [0.717, 1.165) is 29.9 Å². The number of aryl methyl sites for hydroxylation is 1. The Labute approximate surface area is 173 Å². The molecule has 1 amide bonds. The number of hydrogen-bond donors (Lipinski definition) is 3. The second kappa shape index (κ2) is 8.45. The fourth-order valence-electron chi connectivity index (χ4n) is 3.58. The molecule has 0 aromatic heterocycles. The van der Waals surface area contributed by atoms with E-state index in [1.807, 2.05) is 26.8 Å². The molecule has 158 valence electrons. The van der Waals surface area contributed by atoms with Gasteiger partial charge in [0, 0.05) is 36.5 Å². The van der Waals surface area contributed by atoms with E-state index in [2.05, 4.69) is 47.7 Å². The van der Waals surface area contributed by atoms with Crippen molar-refractivity contribution in [3.05, 3.63) is 41.0 Å². The second-order valence-electron chi connectivity index (χ2n) is 8.80. The van der Waals surface area contributed by atoms with Gasteiger partial charge in [0.15, 0.2) is 6.29 Å². The van der Waals surface area contributed by atoms with Gasteiger partial charge in [-0.05, 0) is 58.6 Å². The third-order valence-electron chi connectivity index (χ3n) is 5.26. The Morgan fingerprint density at radius 1 is 1.28 bits per heavy atom. The number of nitrogens with zero attached hydrogens (tertiary/aromatic N) is 2. The van der Waals surface area contributed by atoms with Crippen LogP contribution in [0.4, 0.5) is 4.79 Å². The largest absolute Gasteiger partial charge is 0.444 e. The number of amidine groups is 1. The van der Waals surface area contributed by atoms with Gasteiger partial charge in [0.05, 0.1) is 0 Å². The Hall–Kier alpha value is -2.54. The molecule has 1 unspecified atom stereocenters. The zero-order chi connectivity index (χ0) is 21.2. The number of nitrogens with one attached hydrogen (secondary N) is 2. The number of rotatable bonds is 2. The summed E-state index contributed by atoms with van der Waals surface area (Å²) in [6.45, 7) is 11.2. The van der Waals surface area contributed by atoms with Gasteiger partial charge in [-0.2, -0.15) is 0 Å². The summed E-state index contributed by atoms with van der Waals surface area (Å²) in [5.41, 5.74) is 10.2. The van der Waals surface area contributed by atoms with Gasteiger partial charge in [0.1, 0.15) is 11.4 Å². The summed E-state index contributed by atoms with van der Waals surface area (Å²) >= 11 is 0. The van der Waals surface area contributed by atoms with Crippen LogP contribution in [0.3, 0.4) is 0 Å². The number of hydrogen-bond acceptors (Lipinski definition) is 6. The maximum Gasteiger partial charge on any atom is 0.410 e. The van der Waals surface area contributed by atoms with Crippen LogP contribution in [0.15, 0.2) is 29.3 Å². The van der Waals surface area contributed by atoms with Crippen LogP contribution < -0.4 is 16.4 Å². The van der Waals surface area contributed by atoms with E-state index in [-0.39, 0.29) is 12.1 Å². The van der Waals surface area contributed by atoms with Gasteiger partial charge in [-0.15, -0.1) is 0 Å². The van der Waals surface area contributed by atoms with E-state index in [1.165, 1.54) is 11.1 Å². The molecule has 1 fully saturated rings. The second-order valence-corrected chi connectivity index (χ2v) is 8.80. The summed E-state index contributed by atoms with van der Waals surface area (Å²) in [5.74, 6) is 0.780. The van der Waals surface area contributed by atoms with Crippen LogP contribution in [-0.2, 0) is 4.74 Å². The van der Waals surface area contributed by atoms with Crippen molar-refractivity contribution >= 4 is 17.6 Å². The van der Waals surface area contributed by atoms with Crippen molar-refractivity contribution in [2.45, 2.75) is 65.4 Å². The summed E-state index contributed by atoms with van der Waals surface area (Å²) in [4.78, 5) is 18.5. The quantitative estimate of drug-likeness (QED) is 0.711. The van der Waals surface area contributed by atoms with Crippen molar-refractivity contribution < 1.29 is 9.53 Å². The molecular weight excluding hydrogens is 366 g/mol. The molecule has 0 bridgehead atoms. The predicted octanol–water partition coefficient (Wildman–Crippen LogP) is 2.88. The lowest BCUT2D eigenvalue weighted by Gasteiger charge is -2.34. The van der Waals surface area contributed by atoms with E-state index in [9.17, 15) is 4.79 Å². The first-order valence-corrected chi connectivity index (χ1v) is 10.2. The van der Waals surface area contributed by atoms with Gasteiger partial charge in [0.2, 0.25) is 0 Å². The molecule has 2 heterocycles. The number of piperidine rings is 1. The predicted molar refractivity (Wildman–Crippen MR) is 116 cm³/mol. The molecule has 2 aliphatic heterocycles. The summed E-state index contributed by atoms with van der Waals surface area (Å²) in [5, 5.41) is 6.76. The molecule has 1 saturated heterocycles. The van der Waals surface area contributed by atoms with E-state index in [0.29, 0.717) is 13.1 Å². The molecule has 1 aromatic carbocycles. The van der Waals surface area contributed by atoms with Gasteiger partial charge >= 0.3 is 6.09 Å². The van der Waals surface area contributed by atoms with Crippen LogP contribution >= 0.6 is 0 Å². The highest BCUT2D eigenvalue weighted by Gasteiger charge is 2.27. The van der Waals surface area contributed by atoms with Gasteiger partial charge in [-0.25, -0.2) is 9.79 Å². The molecule has 29 heavy (non-hydrogen) atoms. The molecule has 0 radical (unpaired) electrons. The van der Waals surface area contributed by atoms with Gasteiger partial charge in [-0.1, -0.05) is 18.2 Å². The minimum absolute atomic E-state index is 0.241. The van der Waals surface area contributed by atoms with Crippen molar-refractivity contribution in [1.29, 1.82) is 0 Å². The average molecular weight is 400 g/mol. The minimum atomic E-state index is -0.487. The molecule has 7 nitrogen and oxygen atoms in total. The highest BCUT2D eigenvalue weighted by molar-refractivity contribution is 6.00. The number of nitrogens with two attached hydrogens (primary N) is 1. The van der Waals surface area contributed by atoms with Crippen LogP contribution in [-0.4, -0.2) is 47.9 Å². The molecule has 0 saturated carbocycles. The smallest absolute Gasteiger partial charge is 0.410 e. The molecular formula is C22H33N5O2. The van der Waals surface area contributed by atoms with E-state index in [1.54, 1.807) is 4.90 Å². The topological polar surface area (TPSA) is 92.0 Å². The average Bonchev–Trinajstić information content (AvgIpc) is 2.62. The van der Waals surface area contributed by atoms with Gasteiger partial charge in [-0.3, -0.25) is 5.73 Å². The van der Waals surface area contributed by atoms with Crippen LogP contribution in [0.25, 0.3) is 5.70 Å². The third-order valence-corrected chi connectivity index (χ3v) is 5.26. The highest BCUT2D eigenvalue weighted by atomic mass is 16.6. The van der Waals surface area contributed by atoms with Crippen molar-refractivity contribution in [2.24, 2.45) is 10.7 Å². The lowest BCUT2D eigenvalue weighted by molar-refractivity contribution is 0.0203. The van der Waals surface area contributed by atoms with E-state index in [4.69, 9.17) is 10.5 Å². The number of carbonyl (C=O) groups is 1. The first-order valence-electron chi connectivity index (χ1n) is 10.2. The van der Waals surface area contributed by atoms with Gasteiger partial charge in [0.25, 0.3) is 0 Å². The van der Waals surface area contributed by atoms with E-state index < -0.39 is 11.9 Å². The van der Waals surface area contributed by atoms with Crippen molar-refractivity contribution in [1.82, 2.24) is 15.5 Å². The van der Waals surface area contributed by atoms with E-state index >= 15 is 0 Å². The first-order chi connectivity index (χ1) is 13.6. The summed E-state index contributed by atoms with van der Waals surface area (Å²) in [6, 6.07) is 6.50. The van der Waals surface area contributed by atoms with Crippen LogP contribution in [0.5, 0.6) is 0 Å². The lowest BCUT2D eigenvalue weighted by Crippen LogP contribution is -2.49. The minimum Gasteiger partial charge on any atom is -0.444 e. The van der Waals surface area contributed by atoms with Gasteiger partial charge < -0.3 is 20.3 Å². The molecule has 1 atom stereocenters. The SMILES string of the molecule is Cc1cccc(C2=CC(NC3CCN(C(=O)OC(C)(C)C)CC3)=NC(N)N2)c1C. The number of benzene rings is 1. The number of aliphatic imine (C=N–C) groups is 1. The summed E-state index contributed by atoms with van der Waals surface area (Å²) in [6.07, 6.45) is 2.97. The highest BCUT2D eigenvalue weighted by Crippen LogP contribution is 2.22. The molecule has 3 rings (SSSR count). The van der Waals surface area contributed by atoms with Crippen molar-refractivity contribution in [2.75, 3.05) is 13.1 Å². The van der Waals surface area contributed by atoms with Crippen molar-refractivity contribution in [3.8, 4) is 0 Å². The fourth-order valence-corrected chi connectivity index (χ4v) is 3.58. The lowest BCUT2D eigenvalue weighted by atomic mass is 10.00. The zero-order valence-corrected chi connectivity index (χ0v) is 18.1. The molecule has 2 aliphatic rings. The van der Waals surface area contributed by atoms with Crippen molar-refractivity contribution in [3.63, 3.8) is 0 Å². The van der Waals surface area contributed by atoms with Crippen LogP contribution in [0, 0.1) is 13.8 Å². The maximum absolute atomic E-state index is 12.2. The van der Waals surface area contributed by atoms with Crippen LogP contribution in [0.2, 0.25) is 0 Å². The summed E-state index contributed by atoms with van der Waals surface area (Å²) < 4.78 is 5.47. The Morgan fingerprint density at radius 2 is 1.97 bits per heavy atom. The number of ether oxygens (including phenoxy) is 1. The Balaban J connectivity index is 1.63. The Bertz CT molecular complexity index is 817. The standard InChI is InChI=1S/C22H33N5O2/c1-14-7-6-8-17(15(14)2)18-13-19(26-20(23)25-18)24-16-9-11-27(12-10-16)21(28)29-22(3,4)5/h6-8,13,16,20,25H,9-12,23H2,1-5H3,(H,24,26). The first kappa shape index (κ1) is 21.2. The zero-order valence-electron chi connectivity index (χ0n) is 18.1. The Kier molecular flexibility index (Phi) is 6.17. The molecule has 0 spiro atoms. The third kappa shape index (κ3) is 5.50. The monoisotopic (exact) mass is 399 g/mol. The normalized spacial score (nSPS) is 20.5. The summed E-state index contributed by atoms with van der Waals surface area (Å²) in [7, 11) is 0. The maximum atomic E-state index is 12.2. The number of amides is 1. The van der Waals surface area contributed by atoms with Crippen LogP contribution in [0.1, 0.15) is 50.3 Å². The molecule has 1 aromatic rings. The molecule has 7 heteroatoms. The fraction of sp³-hybridized carbons (Fsp3) is 0.545. The molecule has 0 aliphatic carbocycles.